The summed E-state index contributed by atoms with van der Waals surface area (Å²) in [5, 5.41) is 2.99. The first-order valence-electron chi connectivity index (χ1n) is 9.20. The zero-order chi connectivity index (χ0) is 18.4. The molecule has 2 amide bonds. The Morgan fingerprint density at radius 3 is 2.72 bits per heavy atom. The summed E-state index contributed by atoms with van der Waals surface area (Å²) >= 11 is 0. The summed E-state index contributed by atoms with van der Waals surface area (Å²) in [5.74, 6) is 0.700. The molecule has 138 valence electrons. The van der Waals surface area contributed by atoms with Crippen molar-refractivity contribution in [1.29, 1.82) is 0 Å². The van der Waals surface area contributed by atoms with Gasteiger partial charge in [0.2, 0.25) is 11.8 Å². The second-order valence-electron chi connectivity index (χ2n) is 6.77. The number of ether oxygens (including phenoxy) is 1. The molecule has 1 aliphatic rings. The van der Waals surface area contributed by atoms with E-state index in [-0.39, 0.29) is 23.8 Å². The van der Waals surface area contributed by atoms with Crippen LogP contribution in [0.1, 0.15) is 44.2 Å². The Hall–Kier alpha value is -2.04. The van der Waals surface area contributed by atoms with Crippen LogP contribution in [0.4, 0.5) is 0 Å². The largest absolute Gasteiger partial charge is 0.496 e. The van der Waals surface area contributed by atoms with E-state index in [1.54, 1.807) is 7.11 Å². The van der Waals surface area contributed by atoms with Crippen molar-refractivity contribution in [1.82, 2.24) is 10.2 Å². The molecule has 1 aliphatic heterocycles. The fraction of sp³-hybridized carbons (Fsp3) is 0.600. The average Bonchev–Trinajstić information content (AvgIpc) is 2.98. The van der Waals surface area contributed by atoms with E-state index in [9.17, 15) is 9.59 Å². The highest BCUT2D eigenvalue weighted by Crippen LogP contribution is 2.23. The molecule has 5 heteroatoms. The summed E-state index contributed by atoms with van der Waals surface area (Å²) < 4.78 is 5.37. The van der Waals surface area contributed by atoms with Gasteiger partial charge in [0.15, 0.2) is 0 Å². The van der Waals surface area contributed by atoms with Gasteiger partial charge in [-0.25, -0.2) is 0 Å². The highest BCUT2D eigenvalue weighted by Gasteiger charge is 2.36. The van der Waals surface area contributed by atoms with Gasteiger partial charge >= 0.3 is 0 Å². The number of carbonyl (C=O) groups is 2. The number of hydrogen-bond acceptors (Lipinski definition) is 3. The van der Waals surface area contributed by atoms with E-state index < -0.39 is 0 Å². The van der Waals surface area contributed by atoms with Crippen LogP contribution in [-0.2, 0) is 16.0 Å². The first-order valence-corrected chi connectivity index (χ1v) is 9.20. The quantitative estimate of drug-likeness (QED) is 0.787. The number of rotatable bonds is 8. The zero-order valence-electron chi connectivity index (χ0n) is 15.8. The monoisotopic (exact) mass is 346 g/mol. The highest BCUT2D eigenvalue weighted by atomic mass is 16.5. The maximum atomic E-state index is 12.4. The molecule has 25 heavy (non-hydrogen) atoms. The Morgan fingerprint density at radius 1 is 1.36 bits per heavy atom. The first kappa shape index (κ1) is 19.3. The molecular formula is C20H30N2O3. The molecule has 1 aromatic carbocycles. The molecule has 1 atom stereocenters. The smallest absolute Gasteiger partial charge is 0.225 e. The fourth-order valence-corrected chi connectivity index (χ4v) is 3.56. The lowest BCUT2D eigenvalue weighted by atomic mass is 10.1. The van der Waals surface area contributed by atoms with Crippen molar-refractivity contribution >= 4 is 11.8 Å². The average molecular weight is 346 g/mol. The molecule has 2 rings (SSSR count). The minimum atomic E-state index is -0.229. The second kappa shape index (κ2) is 8.88. The standard InChI is InChI=1S/C20H30N2O3/c1-5-17(6-2)22-13-16(12-19(22)23)20(24)21-10-9-15-11-14(3)7-8-18(15)25-4/h7-8,11,16-17H,5-6,9-10,12-13H2,1-4H3,(H,21,24). The van der Waals surface area contributed by atoms with Crippen molar-refractivity contribution < 1.29 is 14.3 Å². The van der Waals surface area contributed by atoms with E-state index in [2.05, 4.69) is 25.2 Å². The number of nitrogens with zero attached hydrogens (tertiary/aromatic N) is 1. The molecule has 0 spiro atoms. The van der Waals surface area contributed by atoms with Crippen molar-refractivity contribution in [3.63, 3.8) is 0 Å². The Morgan fingerprint density at radius 2 is 2.08 bits per heavy atom. The number of aryl methyl sites for hydroxylation is 1. The molecule has 0 aromatic heterocycles. The molecule has 0 bridgehead atoms. The van der Waals surface area contributed by atoms with Crippen LogP contribution >= 0.6 is 0 Å². The Labute approximate surface area is 150 Å². The second-order valence-corrected chi connectivity index (χ2v) is 6.77. The van der Waals surface area contributed by atoms with Crippen LogP contribution in [0.3, 0.4) is 0 Å². The van der Waals surface area contributed by atoms with Crippen LogP contribution in [0.2, 0.25) is 0 Å². The summed E-state index contributed by atoms with van der Waals surface area (Å²) in [6.07, 6.45) is 2.91. The van der Waals surface area contributed by atoms with Gasteiger partial charge in [0.25, 0.3) is 0 Å². The van der Waals surface area contributed by atoms with Crippen LogP contribution < -0.4 is 10.1 Å². The zero-order valence-corrected chi connectivity index (χ0v) is 15.8. The third-order valence-electron chi connectivity index (χ3n) is 5.04. The minimum absolute atomic E-state index is 0.0200. The molecule has 0 radical (unpaired) electrons. The van der Waals surface area contributed by atoms with Gasteiger partial charge < -0.3 is 15.0 Å². The third kappa shape index (κ3) is 4.74. The van der Waals surface area contributed by atoms with Gasteiger partial charge in [-0.1, -0.05) is 31.5 Å². The third-order valence-corrected chi connectivity index (χ3v) is 5.04. The van der Waals surface area contributed by atoms with E-state index >= 15 is 0 Å². The highest BCUT2D eigenvalue weighted by molar-refractivity contribution is 5.89. The summed E-state index contributed by atoms with van der Waals surface area (Å²) in [7, 11) is 1.66. The lowest BCUT2D eigenvalue weighted by Gasteiger charge is -2.26. The van der Waals surface area contributed by atoms with E-state index in [4.69, 9.17) is 4.74 Å². The van der Waals surface area contributed by atoms with Gasteiger partial charge in [0.1, 0.15) is 5.75 Å². The Bertz CT molecular complexity index is 611. The number of nitrogens with one attached hydrogen (secondary N) is 1. The maximum Gasteiger partial charge on any atom is 0.225 e. The topological polar surface area (TPSA) is 58.6 Å². The van der Waals surface area contributed by atoms with Gasteiger partial charge in [0.05, 0.1) is 13.0 Å². The van der Waals surface area contributed by atoms with Gasteiger partial charge in [-0.2, -0.15) is 0 Å². The van der Waals surface area contributed by atoms with Crippen LogP contribution in [0.5, 0.6) is 5.75 Å². The normalized spacial score (nSPS) is 17.2. The predicted octanol–water partition coefficient (Wildman–Crippen LogP) is 2.70. The summed E-state index contributed by atoms with van der Waals surface area (Å²) in [4.78, 5) is 26.5. The van der Waals surface area contributed by atoms with E-state index in [0.29, 0.717) is 25.9 Å². The minimum Gasteiger partial charge on any atom is -0.496 e. The van der Waals surface area contributed by atoms with Gasteiger partial charge in [-0.15, -0.1) is 0 Å². The van der Waals surface area contributed by atoms with Crippen molar-refractivity contribution in [3.8, 4) is 5.75 Å². The van der Waals surface area contributed by atoms with Crippen LogP contribution in [-0.4, -0.2) is 43.0 Å². The molecule has 1 heterocycles. The van der Waals surface area contributed by atoms with Crippen LogP contribution in [0, 0.1) is 12.8 Å². The molecule has 0 aliphatic carbocycles. The molecule has 5 nitrogen and oxygen atoms in total. The van der Waals surface area contributed by atoms with Crippen molar-refractivity contribution in [2.24, 2.45) is 5.92 Å². The van der Waals surface area contributed by atoms with Gasteiger partial charge in [0, 0.05) is 25.6 Å². The van der Waals surface area contributed by atoms with E-state index in [1.807, 2.05) is 24.0 Å². The molecule has 1 fully saturated rings. The SMILES string of the molecule is CCC(CC)N1CC(C(=O)NCCc2cc(C)ccc2OC)CC1=O. The van der Waals surface area contributed by atoms with Crippen molar-refractivity contribution in [3.05, 3.63) is 29.3 Å². The molecular weight excluding hydrogens is 316 g/mol. The molecule has 0 saturated carbocycles. The number of carbonyl (C=O) groups excluding carboxylic acids is 2. The van der Waals surface area contributed by atoms with Crippen molar-refractivity contribution in [2.45, 2.75) is 52.5 Å². The van der Waals surface area contributed by atoms with Gasteiger partial charge in [-0.3, -0.25) is 9.59 Å². The molecule has 1 saturated heterocycles. The van der Waals surface area contributed by atoms with Crippen LogP contribution in [0.25, 0.3) is 0 Å². The van der Waals surface area contributed by atoms with Gasteiger partial charge in [-0.05, 0) is 37.8 Å². The number of methoxy groups -OCH3 is 1. The number of hydrogen-bond donors (Lipinski definition) is 1. The Kier molecular flexibility index (Phi) is 6.85. The summed E-state index contributed by atoms with van der Waals surface area (Å²) in [6.45, 7) is 7.31. The van der Waals surface area contributed by atoms with E-state index in [0.717, 1.165) is 24.2 Å². The first-order chi connectivity index (χ1) is 12.0. The summed E-state index contributed by atoms with van der Waals surface area (Å²) in [6, 6.07) is 6.30. The van der Waals surface area contributed by atoms with Crippen molar-refractivity contribution in [2.75, 3.05) is 20.2 Å². The molecule has 1 unspecified atom stereocenters. The molecule has 1 N–H and O–H groups in total. The maximum absolute atomic E-state index is 12.4. The van der Waals surface area contributed by atoms with Crippen LogP contribution in [0.15, 0.2) is 18.2 Å². The summed E-state index contributed by atoms with van der Waals surface area (Å²) in [5.41, 5.74) is 2.26. The molecule has 1 aromatic rings. The number of likely N-dealkylation sites (tertiary alicyclic amines) is 1. The lowest BCUT2D eigenvalue weighted by molar-refractivity contribution is -0.130. The van der Waals surface area contributed by atoms with E-state index in [1.165, 1.54) is 5.56 Å². The Balaban J connectivity index is 1.87. The predicted molar refractivity (Wildman–Crippen MR) is 98.6 cm³/mol. The number of amides is 2. The number of benzene rings is 1. The lowest BCUT2D eigenvalue weighted by Crippen LogP contribution is -2.38. The fourth-order valence-electron chi connectivity index (χ4n) is 3.56.